The molecule has 1 atom stereocenters. The van der Waals surface area contributed by atoms with E-state index in [0.717, 1.165) is 17.3 Å². The molecular weight excluding hydrogens is 330 g/mol. The Labute approximate surface area is 122 Å². The van der Waals surface area contributed by atoms with Crippen molar-refractivity contribution in [3.8, 4) is 0 Å². The fourth-order valence-corrected chi connectivity index (χ4v) is 3.81. The van der Waals surface area contributed by atoms with Gasteiger partial charge >= 0.3 is 10.2 Å². The topological polar surface area (TPSA) is 75.4 Å². The Kier molecular flexibility index (Phi) is 4.37. The molecule has 1 aliphatic rings. The monoisotopic (exact) mass is 347 g/mol. The van der Waals surface area contributed by atoms with Crippen LogP contribution < -0.4 is 10.5 Å². The molecule has 19 heavy (non-hydrogen) atoms. The highest BCUT2D eigenvalue weighted by atomic mass is 79.9. The lowest BCUT2D eigenvalue weighted by molar-refractivity contribution is 0.282. The lowest BCUT2D eigenvalue weighted by atomic mass is 10.0. The van der Waals surface area contributed by atoms with Gasteiger partial charge < -0.3 is 5.73 Å². The summed E-state index contributed by atoms with van der Waals surface area (Å²) < 4.78 is 29.3. The van der Waals surface area contributed by atoms with Gasteiger partial charge in [0.15, 0.2) is 0 Å². The second-order valence-corrected chi connectivity index (χ2v) is 7.47. The van der Waals surface area contributed by atoms with Gasteiger partial charge in [-0.1, -0.05) is 6.92 Å². The van der Waals surface area contributed by atoms with Crippen LogP contribution in [0.3, 0.4) is 0 Å². The lowest BCUT2D eigenvalue weighted by Crippen LogP contribution is -2.42. The number of nitrogen functional groups attached to an aromatic ring is 1. The first-order chi connectivity index (χ1) is 8.88. The molecule has 0 aliphatic carbocycles. The molecule has 5 nitrogen and oxygen atoms in total. The average Bonchev–Trinajstić information content (AvgIpc) is 2.33. The van der Waals surface area contributed by atoms with Gasteiger partial charge in [-0.05, 0) is 52.9 Å². The molecule has 1 aromatic rings. The van der Waals surface area contributed by atoms with E-state index in [0.29, 0.717) is 30.4 Å². The number of rotatable bonds is 3. The van der Waals surface area contributed by atoms with Gasteiger partial charge in [0.2, 0.25) is 0 Å². The molecule has 3 N–H and O–H groups in total. The standard InChI is InChI=1S/C12H18BrN3O2S/c1-9-3-2-6-16(8-9)19(17,18)15-10-4-5-11(13)12(14)7-10/h4-5,7,9,15H,2-3,6,8,14H2,1H3. The number of hydrogen-bond donors (Lipinski definition) is 2. The van der Waals surface area contributed by atoms with Crippen LogP contribution >= 0.6 is 15.9 Å². The lowest BCUT2D eigenvalue weighted by Gasteiger charge is -2.30. The van der Waals surface area contributed by atoms with E-state index < -0.39 is 10.2 Å². The second-order valence-electron chi connectivity index (χ2n) is 4.95. The number of nitrogens with one attached hydrogen (secondary N) is 1. The third-order valence-electron chi connectivity index (χ3n) is 3.20. The molecule has 1 aliphatic heterocycles. The molecule has 0 saturated carbocycles. The SMILES string of the molecule is CC1CCCN(S(=O)(=O)Nc2ccc(Br)c(N)c2)C1. The highest BCUT2D eigenvalue weighted by Gasteiger charge is 2.26. The van der Waals surface area contributed by atoms with Crippen molar-refractivity contribution in [2.45, 2.75) is 19.8 Å². The minimum atomic E-state index is -3.49. The van der Waals surface area contributed by atoms with E-state index in [9.17, 15) is 8.42 Å². The van der Waals surface area contributed by atoms with Crippen molar-refractivity contribution in [1.82, 2.24) is 4.31 Å². The minimum absolute atomic E-state index is 0.403. The van der Waals surface area contributed by atoms with E-state index in [4.69, 9.17) is 5.73 Å². The van der Waals surface area contributed by atoms with E-state index in [1.807, 2.05) is 0 Å². The largest absolute Gasteiger partial charge is 0.398 e. The van der Waals surface area contributed by atoms with E-state index in [1.165, 1.54) is 4.31 Å². The molecule has 1 saturated heterocycles. The van der Waals surface area contributed by atoms with Gasteiger partial charge in [-0.15, -0.1) is 0 Å². The minimum Gasteiger partial charge on any atom is -0.398 e. The van der Waals surface area contributed by atoms with Crippen LogP contribution in [0.25, 0.3) is 0 Å². The normalized spacial score (nSPS) is 21.3. The number of hydrogen-bond acceptors (Lipinski definition) is 3. The quantitative estimate of drug-likeness (QED) is 0.824. The predicted octanol–water partition coefficient (Wildman–Crippen LogP) is 2.42. The summed E-state index contributed by atoms with van der Waals surface area (Å²) in [5.74, 6) is 0.403. The second kappa shape index (κ2) is 5.68. The van der Waals surface area contributed by atoms with Crippen LogP contribution in [0, 0.1) is 5.92 Å². The summed E-state index contributed by atoms with van der Waals surface area (Å²) in [5, 5.41) is 0. The van der Waals surface area contributed by atoms with Gasteiger partial charge in [0, 0.05) is 23.2 Å². The van der Waals surface area contributed by atoms with Gasteiger partial charge in [-0.25, -0.2) is 0 Å². The van der Waals surface area contributed by atoms with Crippen molar-refractivity contribution in [2.75, 3.05) is 23.5 Å². The van der Waals surface area contributed by atoms with Crippen LogP contribution in [0.15, 0.2) is 22.7 Å². The van der Waals surface area contributed by atoms with Crippen molar-refractivity contribution in [3.63, 3.8) is 0 Å². The zero-order valence-electron chi connectivity index (χ0n) is 10.8. The fraction of sp³-hybridized carbons (Fsp3) is 0.500. The highest BCUT2D eigenvalue weighted by Crippen LogP contribution is 2.25. The molecule has 7 heteroatoms. The third kappa shape index (κ3) is 3.61. The Morgan fingerprint density at radius 2 is 2.21 bits per heavy atom. The summed E-state index contributed by atoms with van der Waals surface area (Å²) in [6.45, 7) is 3.21. The van der Waals surface area contributed by atoms with Crippen molar-refractivity contribution in [2.24, 2.45) is 5.92 Å². The molecule has 0 bridgehead atoms. The molecule has 0 radical (unpaired) electrons. The molecule has 1 heterocycles. The highest BCUT2D eigenvalue weighted by molar-refractivity contribution is 9.10. The third-order valence-corrected chi connectivity index (χ3v) is 5.43. The molecule has 2 rings (SSSR count). The van der Waals surface area contributed by atoms with Crippen LogP contribution in [-0.4, -0.2) is 25.8 Å². The van der Waals surface area contributed by atoms with Gasteiger partial charge in [-0.2, -0.15) is 12.7 Å². The first-order valence-electron chi connectivity index (χ1n) is 6.21. The number of nitrogens with zero attached hydrogens (tertiary/aromatic N) is 1. The number of halogens is 1. The smallest absolute Gasteiger partial charge is 0.301 e. The van der Waals surface area contributed by atoms with Crippen LogP contribution in [0.4, 0.5) is 11.4 Å². The summed E-state index contributed by atoms with van der Waals surface area (Å²) in [7, 11) is -3.49. The number of nitrogens with two attached hydrogens (primary N) is 1. The van der Waals surface area contributed by atoms with Crippen LogP contribution in [0.5, 0.6) is 0 Å². The van der Waals surface area contributed by atoms with Crippen molar-refractivity contribution in [1.29, 1.82) is 0 Å². The van der Waals surface area contributed by atoms with Gasteiger partial charge in [-0.3, -0.25) is 4.72 Å². The van der Waals surface area contributed by atoms with Gasteiger partial charge in [0.25, 0.3) is 0 Å². The van der Waals surface area contributed by atoms with Crippen LogP contribution in [0.2, 0.25) is 0 Å². The van der Waals surface area contributed by atoms with Gasteiger partial charge in [0.05, 0.1) is 5.69 Å². The summed E-state index contributed by atoms with van der Waals surface area (Å²) >= 11 is 3.28. The Hall–Kier alpha value is -0.790. The van der Waals surface area contributed by atoms with E-state index >= 15 is 0 Å². The van der Waals surface area contributed by atoms with E-state index in [2.05, 4.69) is 27.6 Å². The Morgan fingerprint density at radius 1 is 1.47 bits per heavy atom. The zero-order chi connectivity index (χ0) is 14.0. The number of piperidine rings is 1. The molecule has 0 amide bonds. The molecule has 1 fully saturated rings. The fourth-order valence-electron chi connectivity index (χ4n) is 2.19. The molecule has 1 aromatic carbocycles. The zero-order valence-corrected chi connectivity index (χ0v) is 13.2. The summed E-state index contributed by atoms with van der Waals surface area (Å²) in [6, 6.07) is 5.02. The Bertz CT molecular complexity index is 562. The van der Waals surface area contributed by atoms with E-state index in [-0.39, 0.29) is 0 Å². The van der Waals surface area contributed by atoms with Crippen LogP contribution in [-0.2, 0) is 10.2 Å². The summed E-state index contributed by atoms with van der Waals surface area (Å²) in [5.41, 5.74) is 6.74. The number of anilines is 2. The van der Waals surface area contributed by atoms with Crippen LogP contribution in [0.1, 0.15) is 19.8 Å². The average molecular weight is 348 g/mol. The maximum absolute atomic E-state index is 12.3. The van der Waals surface area contributed by atoms with E-state index in [1.54, 1.807) is 18.2 Å². The predicted molar refractivity (Wildman–Crippen MR) is 81.1 cm³/mol. The first kappa shape index (κ1) is 14.6. The first-order valence-corrected chi connectivity index (χ1v) is 8.45. The molecule has 106 valence electrons. The molecular formula is C12H18BrN3O2S. The molecule has 1 unspecified atom stereocenters. The Balaban J connectivity index is 2.14. The summed E-state index contributed by atoms with van der Waals surface area (Å²) in [4.78, 5) is 0. The maximum atomic E-state index is 12.3. The van der Waals surface area contributed by atoms with Crippen molar-refractivity contribution in [3.05, 3.63) is 22.7 Å². The van der Waals surface area contributed by atoms with Crippen molar-refractivity contribution >= 4 is 37.5 Å². The van der Waals surface area contributed by atoms with Gasteiger partial charge in [0.1, 0.15) is 0 Å². The number of benzene rings is 1. The molecule has 0 spiro atoms. The molecule has 0 aromatic heterocycles. The Morgan fingerprint density at radius 3 is 2.84 bits per heavy atom. The summed E-state index contributed by atoms with van der Waals surface area (Å²) in [6.07, 6.45) is 1.99. The van der Waals surface area contributed by atoms with Crippen molar-refractivity contribution < 1.29 is 8.42 Å². The maximum Gasteiger partial charge on any atom is 0.301 e.